The number of aliphatic hydroxyl groups excluding tert-OH is 12. The van der Waals surface area contributed by atoms with E-state index in [2.05, 4.69) is 0 Å². The molecule has 5 rings (SSSR count). The highest BCUT2D eigenvalue weighted by Gasteiger charge is 2.48. The lowest BCUT2D eigenvalue weighted by Gasteiger charge is -2.40. The number of ether oxygens (including phenoxy) is 7. The molecule has 0 saturated carbocycles. The fraction of sp³-hybridized carbons (Fsp3) is 0.594. The summed E-state index contributed by atoms with van der Waals surface area (Å²) in [5, 5.41) is 121. The van der Waals surface area contributed by atoms with E-state index in [1.807, 2.05) is 0 Å². The van der Waals surface area contributed by atoms with E-state index in [1.54, 1.807) is 6.07 Å². The molecule has 3 fully saturated rings. The minimum atomic E-state index is -1.90. The minimum absolute atomic E-state index is 0.0109. The van der Waals surface area contributed by atoms with E-state index in [4.69, 9.17) is 33.2 Å². The van der Waals surface area contributed by atoms with E-state index in [1.165, 1.54) is 36.4 Å². The summed E-state index contributed by atoms with van der Waals surface area (Å²) >= 11 is 0. The first-order valence-corrected chi connectivity index (χ1v) is 16.1. The summed E-state index contributed by atoms with van der Waals surface area (Å²) in [5.74, 6) is -2.03. The standard InChI is InChI=1S/C32H42O20/c33-8-16-20(36)23(39)26(42)30(50-16)47-13-5-2-1-4-12(13)11-46-29(45)19-14(48-31-27(43)24(40)21(37)17(9-34)51-31)6-3-7-15(19)49-32-28(44)25(41)22(38)18(10-35)52-32/h1-7,16-18,20-28,30-44H,8-11H2. The average molecular weight is 747 g/mol. The Kier molecular flexibility index (Phi) is 13.2. The van der Waals surface area contributed by atoms with Crippen LogP contribution in [0, 0.1) is 0 Å². The smallest absolute Gasteiger partial charge is 0.346 e. The number of esters is 1. The molecule has 0 bridgehead atoms. The van der Waals surface area contributed by atoms with Gasteiger partial charge in [0.05, 0.1) is 19.8 Å². The topological polar surface area (TPSA) is 324 Å². The Morgan fingerprint density at radius 1 is 0.500 bits per heavy atom. The predicted octanol–water partition coefficient (Wildman–Crippen LogP) is -5.42. The second-order valence-corrected chi connectivity index (χ2v) is 12.3. The van der Waals surface area contributed by atoms with Gasteiger partial charge in [0.15, 0.2) is 0 Å². The quantitative estimate of drug-likeness (QED) is 0.0902. The van der Waals surface area contributed by atoms with Crippen LogP contribution in [0.3, 0.4) is 0 Å². The zero-order valence-corrected chi connectivity index (χ0v) is 27.2. The molecular weight excluding hydrogens is 704 g/mol. The summed E-state index contributed by atoms with van der Waals surface area (Å²) in [6.07, 6.45) is -25.2. The van der Waals surface area contributed by atoms with E-state index >= 15 is 0 Å². The van der Waals surface area contributed by atoms with Crippen molar-refractivity contribution in [2.45, 2.75) is 98.7 Å². The molecule has 15 unspecified atom stereocenters. The van der Waals surface area contributed by atoms with Gasteiger partial charge in [0.1, 0.15) is 103 Å². The van der Waals surface area contributed by atoms with Crippen molar-refractivity contribution in [2.24, 2.45) is 0 Å². The molecule has 3 saturated heterocycles. The van der Waals surface area contributed by atoms with Crippen molar-refractivity contribution in [2.75, 3.05) is 19.8 Å². The lowest BCUT2D eigenvalue weighted by molar-refractivity contribution is -0.278. The van der Waals surface area contributed by atoms with E-state index in [0.29, 0.717) is 0 Å². The summed E-state index contributed by atoms with van der Waals surface area (Å²) < 4.78 is 39.0. The molecule has 0 spiro atoms. The van der Waals surface area contributed by atoms with Crippen LogP contribution in [-0.2, 0) is 25.6 Å². The Hall–Kier alpha value is -3.29. The average Bonchev–Trinajstić information content (AvgIpc) is 3.14. The molecule has 0 amide bonds. The molecule has 3 aliphatic heterocycles. The maximum atomic E-state index is 13.9. The van der Waals surface area contributed by atoms with Crippen LogP contribution in [0.5, 0.6) is 17.2 Å². The zero-order valence-electron chi connectivity index (χ0n) is 27.2. The van der Waals surface area contributed by atoms with Gasteiger partial charge in [0.25, 0.3) is 0 Å². The third-order valence-electron chi connectivity index (χ3n) is 8.80. The molecule has 0 aliphatic carbocycles. The van der Waals surface area contributed by atoms with Gasteiger partial charge in [-0.25, -0.2) is 4.79 Å². The minimum Gasteiger partial charge on any atom is -0.462 e. The second kappa shape index (κ2) is 17.2. The summed E-state index contributed by atoms with van der Waals surface area (Å²) in [6.45, 7) is -2.84. The number of carbonyl (C=O) groups is 1. The maximum Gasteiger partial charge on any atom is 0.346 e. The first kappa shape index (κ1) is 39.9. The highest BCUT2D eigenvalue weighted by atomic mass is 16.7. The fourth-order valence-corrected chi connectivity index (χ4v) is 5.73. The van der Waals surface area contributed by atoms with Crippen molar-refractivity contribution in [1.82, 2.24) is 0 Å². The van der Waals surface area contributed by atoms with Crippen LogP contribution in [0.1, 0.15) is 15.9 Å². The van der Waals surface area contributed by atoms with Crippen molar-refractivity contribution in [3.8, 4) is 17.2 Å². The number of rotatable bonds is 12. The number of hydrogen-bond donors (Lipinski definition) is 12. The first-order valence-electron chi connectivity index (χ1n) is 16.1. The molecule has 0 aromatic heterocycles. The molecule has 2 aromatic carbocycles. The zero-order chi connectivity index (χ0) is 37.9. The third kappa shape index (κ3) is 8.26. The molecule has 15 atom stereocenters. The number of para-hydroxylation sites is 1. The van der Waals surface area contributed by atoms with Gasteiger partial charge in [-0.15, -0.1) is 0 Å². The van der Waals surface area contributed by atoms with E-state index in [-0.39, 0.29) is 11.3 Å². The SMILES string of the molecule is O=C(OCc1ccccc1OC1OC(CO)C(O)C(O)C1O)c1c(OC2OC(CO)C(O)C(O)C2O)cccc1OC1OC(CO)C(O)C(O)C1O. The highest BCUT2D eigenvalue weighted by molar-refractivity contribution is 5.95. The van der Waals surface area contributed by atoms with Crippen LogP contribution >= 0.6 is 0 Å². The van der Waals surface area contributed by atoms with Gasteiger partial charge >= 0.3 is 5.97 Å². The van der Waals surface area contributed by atoms with Gasteiger partial charge in [-0.1, -0.05) is 24.3 Å². The Bertz CT molecular complexity index is 1420. The highest BCUT2D eigenvalue weighted by Crippen LogP contribution is 2.36. The fourth-order valence-electron chi connectivity index (χ4n) is 5.73. The van der Waals surface area contributed by atoms with Crippen molar-refractivity contribution in [3.05, 3.63) is 53.6 Å². The molecule has 20 nitrogen and oxygen atoms in total. The van der Waals surface area contributed by atoms with Crippen LogP contribution in [0.25, 0.3) is 0 Å². The summed E-state index contributed by atoms with van der Waals surface area (Å²) in [7, 11) is 0. The molecule has 12 N–H and O–H groups in total. The molecule has 0 radical (unpaired) electrons. The molecule has 20 heteroatoms. The lowest BCUT2D eigenvalue weighted by Crippen LogP contribution is -2.60. The normalized spacial score (nSPS) is 38.0. The number of benzene rings is 2. The Labute approximate surface area is 294 Å². The molecule has 3 aliphatic rings. The Balaban J connectivity index is 1.42. The summed E-state index contributed by atoms with van der Waals surface area (Å²) in [6, 6.07) is 9.65. The van der Waals surface area contributed by atoms with Gasteiger partial charge in [-0.05, 0) is 18.2 Å². The molecule has 3 heterocycles. The molecule has 290 valence electrons. The predicted molar refractivity (Wildman–Crippen MR) is 165 cm³/mol. The van der Waals surface area contributed by atoms with Crippen molar-refractivity contribution in [3.63, 3.8) is 0 Å². The van der Waals surface area contributed by atoms with Crippen molar-refractivity contribution >= 4 is 5.97 Å². The van der Waals surface area contributed by atoms with Gasteiger partial charge < -0.3 is 94.4 Å². The van der Waals surface area contributed by atoms with Gasteiger partial charge in [0.2, 0.25) is 18.9 Å². The van der Waals surface area contributed by atoms with Crippen LogP contribution in [0.4, 0.5) is 0 Å². The maximum absolute atomic E-state index is 13.9. The van der Waals surface area contributed by atoms with Gasteiger partial charge in [-0.3, -0.25) is 0 Å². The lowest BCUT2D eigenvalue weighted by atomic mass is 9.99. The summed E-state index contributed by atoms with van der Waals surface area (Å²) in [5.41, 5.74) is -0.361. The van der Waals surface area contributed by atoms with Crippen LogP contribution in [0.15, 0.2) is 42.5 Å². The van der Waals surface area contributed by atoms with Crippen LogP contribution < -0.4 is 14.2 Å². The van der Waals surface area contributed by atoms with E-state index in [0.717, 1.165) is 0 Å². The molecular formula is C32H42O20. The van der Waals surface area contributed by atoms with Gasteiger partial charge in [0, 0.05) is 5.56 Å². The van der Waals surface area contributed by atoms with E-state index in [9.17, 15) is 66.1 Å². The van der Waals surface area contributed by atoms with Crippen molar-refractivity contribution < 1.29 is 99.2 Å². The Morgan fingerprint density at radius 2 is 0.865 bits per heavy atom. The third-order valence-corrected chi connectivity index (χ3v) is 8.80. The number of carbonyl (C=O) groups excluding carboxylic acids is 1. The first-order chi connectivity index (χ1) is 24.8. The van der Waals surface area contributed by atoms with Gasteiger partial charge in [-0.2, -0.15) is 0 Å². The number of hydrogen-bond acceptors (Lipinski definition) is 20. The van der Waals surface area contributed by atoms with E-state index < -0.39 is 142 Å². The second-order valence-electron chi connectivity index (χ2n) is 12.3. The Morgan fingerprint density at radius 3 is 1.27 bits per heavy atom. The van der Waals surface area contributed by atoms with Crippen LogP contribution in [0.2, 0.25) is 0 Å². The van der Waals surface area contributed by atoms with Crippen molar-refractivity contribution in [1.29, 1.82) is 0 Å². The monoisotopic (exact) mass is 746 g/mol. The molecule has 52 heavy (non-hydrogen) atoms. The molecule has 2 aromatic rings. The summed E-state index contributed by atoms with van der Waals surface area (Å²) in [4.78, 5) is 13.9. The largest absolute Gasteiger partial charge is 0.462 e. The van der Waals surface area contributed by atoms with Crippen LogP contribution in [-0.4, -0.2) is 179 Å². The number of aliphatic hydroxyl groups is 12.